The molecular weight excluding hydrogens is 184 g/mol. The zero-order chi connectivity index (χ0) is 9.97. The van der Waals surface area contributed by atoms with Crippen LogP contribution in [0.25, 0.3) is 0 Å². The fourth-order valence-electron chi connectivity index (χ4n) is 1.59. The van der Waals surface area contributed by atoms with Crippen LogP contribution in [0.2, 0.25) is 0 Å². The predicted octanol–water partition coefficient (Wildman–Crippen LogP) is 0.683. The summed E-state index contributed by atoms with van der Waals surface area (Å²) in [7, 11) is 0. The molecule has 0 bridgehead atoms. The normalized spacial score (nSPS) is 14.9. The SMILES string of the molecule is O=C(O)COc1cn2c(n1)CCCC2. The Bertz CT molecular complexity index is 322. The van der Waals surface area contributed by atoms with Crippen molar-refractivity contribution in [2.45, 2.75) is 25.8 Å². The first-order valence-corrected chi connectivity index (χ1v) is 4.66. The smallest absolute Gasteiger partial charge is 0.341 e. The van der Waals surface area contributed by atoms with E-state index in [-0.39, 0.29) is 6.61 Å². The molecule has 2 rings (SSSR count). The van der Waals surface area contributed by atoms with Gasteiger partial charge in [-0.1, -0.05) is 0 Å². The molecule has 0 aromatic carbocycles. The van der Waals surface area contributed by atoms with Crippen LogP contribution in [-0.4, -0.2) is 27.2 Å². The highest BCUT2D eigenvalue weighted by molar-refractivity contribution is 5.68. The highest BCUT2D eigenvalue weighted by atomic mass is 16.5. The van der Waals surface area contributed by atoms with Gasteiger partial charge in [-0.05, 0) is 12.8 Å². The fourth-order valence-corrected chi connectivity index (χ4v) is 1.59. The molecule has 0 saturated carbocycles. The minimum Gasteiger partial charge on any atom is -0.479 e. The van der Waals surface area contributed by atoms with Crippen molar-refractivity contribution in [1.29, 1.82) is 0 Å². The number of ether oxygens (including phenoxy) is 1. The molecule has 1 aliphatic rings. The number of carbonyl (C=O) groups is 1. The van der Waals surface area contributed by atoms with Crippen LogP contribution in [0.1, 0.15) is 18.7 Å². The maximum absolute atomic E-state index is 10.3. The number of aromatic nitrogens is 2. The molecule has 0 radical (unpaired) electrons. The van der Waals surface area contributed by atoms with Crippen molar-refractivity contribution in [2.75, 3.05) is 6.61 Å². The summed E-state index contributed by atoms with van der Waals surface area (Å²) >= 11 is 0. The van der Waals surface area contributed by atoms with Gasteiger partial charge in [-0.15, -0.1) is 0 Å². The van der Waals surface area contributed by atoms with Crippen molar-refractivity contribution >= 4 is 5.97 Å². The average molecular weight is 196 g/mol. The first-order chi connectivity index (χ1) is 6.75. The third-order valence-corrected chi connectivity index (χ3v) is 2.23. The quantitative estimate of drug-likeness (QED) is 0.772. The molecule has 0 fully saturated rings. The summed E-state index contributed by atoms with van der Waals surface area (Å²) in [5.74, 6) is 0.442. The van der Waals surface area contributed by atoms with Crippen LogP contribution in [0.5, 0.6) is 5.88 Å². The van der Waals surface area contributed by atoms with Gasteiger partial charge in [-0.2, -0.15) is 4.98 Å². The summed E-state index contributed by atoms with van der Waals surface area (Å²) in [6.45, 7) is 0.634. The van der Waals surface area contributed by atoms with Crippen molar-refractivity contribution in [1.82, 2.24) is 9.55 Å². The van der Waals surface area contributed by atoms with Crippen LogP contribution in [-0.2, 0) is 17.8 Å². The van der Waals surface area contributed by atoms with Crippen LogP contribution < -0.4 is 4.74 Å². The predicted molar refractivity (Wildman–Crippen MR) is 48.3 cm³/mol. The van der Waals surface area contributed by atoms with E-state index in [1.807, 2.05) is 4.57 Å². The van der Waals surface area contributed by atoms with E-state index in [0.717, 1.165) is 31.6 Å². The van der Waals surface area contributed by atoms with Gasteiger partial charge < -0.3 is 14.4 Å². The Balaban J connectivity index is 2.04. The van der Waals surface area contributed by atoms with E-state index in [2.05, 4.69) is 4.98 Å². The lowest BCUT2D eigenvalue weighted by molar-refractivity contribution is -0.139. The number of nitrogens with zero attached hydrogens (tertiary/aromatic N) is 2. The van der Waals surface area contributed by atoms with Gasteiger partial charge >= 0.3 is 5.97 Å². The molecular formula is C9H12N2O3. The average Bonchev–Trinajstić information content (AvgIpc) is 2.57. The van der Waals surface area contributed by atoms with Gasteiger partial charge in [0.1, 0.15) is 5.82 Å². The lowest BCUT2D eigenvalue weighted by atomic mass is 10.2. The van der Waals surface area contributed by atoms with Crippen LogP contribution >= 0.6 is 0 Å². The van der Waals surface area contributed by atoms with E-state index < -0.39 is 5.97 Å². The Morgan fingerprint density at radius 1 is 1.64 bits per heavy atom. The molecule has 76 valence electrons. The molecule has 1 N–H and O–H groups in total. The van der Waals surface area contributed by atoms with Gasteiger partial charge in [0.05, 0.1) is 6.20 Å². The maximum Gasteiger partial charge on any atom is 0.341 e. The second-order valence-electron chi connectivity index (χ2n) is 3.33. The number of imidazole rings is 1. The first-order valence-electron chi connectivity index (χ1n) is 4.66. The molecule has 1 aromatic heterocycles. The molecule has 0 unspecified atom stereocenters. The second kappa shape index (κ2) is 3.69. The Hall–Kier alpha value is -1.52. The minimum absolute atomic E-state index is 0.323. The van der Waals surface area contributed by atoms with E-state index in [1.165, 1.54) is 0 Å². The van der Waals surface area contributed by atoms with Crippen molar-refractivity contribution in [3.63, 3.8) is 0 Å². The minimum atomic E-state index is -0.976. The van der Waals surface area contributed by atoms with E-state index in [9.17, 15) is 4.79 Å². The van der Waals surface area contributed by atoms with Gasteiger partial charge in [0, 0.05) is 13.0 Å². The summed E-state index contributed by atoms with van der Waals surface area (Å²) in [6.07, 6.45) is 5.03. The number of hydrogen-bond donors (Lipinski definition) is 1. The van der Waals surface area contributed by atoms with Crippen molar-refractivity contribution < 1.29 is 14.6 Å². The topological polar surface area (TPSA) is 64.3 Å². The van der Waals surface area contributed by atoms with Gasteiger partial charge in [-0.25, -0.2) is 4.79 Å². The van der Waals surface area contributed by atoms with Gasteiger partial charge in [0.15, 0.2) is 6.61 Å². The summed E-state index contributed by atoms with van der Waals surface area (Å²) in [6, 6.07) is 0. The number of rotatable bonds is 3. The molecule has 1 aliphatic heterocycles. The number of carboxylic acids is 1. The lowest BCUT2D eigenvalue weighted by Gasteiger charge is -2.11. The fraction of sp³-hybridized carbons (Fsp3) is 0.556. The second-order valence-corrected chi connectivity index (χ2v) is 3.33. The third kappa shape index (κ3) is 1.86. The number of hydrogen-bond acceptors (Lipinski definition) is 3. The Morgan fingerprint density at radius 2 is 2.50 bits per heavy atom. The molecule has 1 aromatic rings. The Kier molecular flexibility index (Phi) is 2.39. The highest BCUT2D eigenvalue weighted by Gasteiger charge is 2.13. The Morgan fingerprint density at radius 3 is 3.21 bits per heavy atom. The van der Waals surface area contributed by atoms with Crippen molar-refractivity contribution in [2.24, 2.45) is 0 Å². The molecule has 2 heterocycles. The van der Waals surface area contributed by atoms with E-state index in [0.29, 0.717) is 5.88 Å². The van der Waals surface area contributed by atoms with Gasteiger partial charge in [0.25, 0.3) is 0 Å². The number of carboxylic acid groups (broad SMARTS) is 1. The van der Waals surface area contributed by atoms with Gasteiger partial charge in [-0.3, -0.25) is 0 Å². The third-order valence-electron chi connectivity index (χ3n) is 2.23. The van der Waals surface area contributed by atoms with Crippen molar-refractivity contribution in [3.8, 4) is 5.88 Å². The van der Waals surface area contributed by atoms with E-state index in [4.69, 9.17) is 9.84 Å². The zero-order valence-electron chi connectivity index (χ0n) is 7.77. The molecule has 0 saturated heterocycles. The number of aryl methyl sites for hydroxylation is 2. The van der Waals surface area contributed by atoms with Crippen LogP contribution in [0, 0.1) is 0 Å². The molecule has 0 amide bonds. The van der Waals surface area contributed by atoms with E-state index >= 15 is 0 Å². The Labute approximate surface area is 81.3 Å². The van der Waals surface area contributed by atoms with Crippen LogP contribution in [0.3, 0.4) is 0 Å². The summed E-state index contributed by atoms with van der Waals surface area (Å²) < 4.78 is 7.02. The maximum atomic E-state index is 10.3. The molecule has 0 atom stereocenters. The van der Waals surface area contributed by atoms with Gasteiger partial charge in [0.2, 0.25) is 5.88 Å². The molecule has 5 nitrogen and oxygen atoms in total. The standard InChI is InChI=1S/C9H12N2O3/c12-9(13)6-14-8-5-11-4-2-1-3-7(11)10-8/h5H,1-4,6H2,(H,12,13). The summed E-state index contributed by atoms with van der Waals surface area (Å²) in [5.41, 5.74) is 0. The zero-order valence-corrected chi connectivity index (χ0v) is 7.77. The largest absolute Gasteiger partial charge is 0.479 e. The van der Waals surface area contributed by atoms with E-state index in [1.54, 1.807) is 6.20 Å². The highest BCUT2D eigenvalue weighted by Crippen LogP contribution is 2.18. The van der Waals surface area contributed by atoms with Crippen molar-refractivity contribution in [3.05, 3.63) is 12.0 Å². The summed E-state index contributed by atoms with van der Waals surface area (Å²) in [5, 5.41) is 8.42. The first kappa shape index (κ1) is 9.05. The monoisotopic (exact) mass is 196 g/mol. The van der Waals surface area contributed by atoms with Crippen LogP contribution in [0.4, 0.5) is 0 Å². The molecule has 0 aliphatic carbocycles. The molecule has 0 spiro atoms. The lowest BCUT2D eigenvalue weighted by Crippen LogP contribution is -2.09. The molecule has 5 heteroatoms. The summed E-state index contributed by atoms with van der Waals surface area (Å²) in [4.78, 5) is 14.5. The number of aliphatic carboxylic acids is 1. The number of fused-ring (bicyclic) bond motifs is 1. The van der Waals surface area contributed by atoms with Crippen LogP contribution in [0.15, 0.2) is 6.20 Å². The molecule has 14 heavy (non-hydrogen) atoms.